The van der Waals surface area contributed by atoms with Crippen molar-refractivity contribution in [2.45, 2.75) is 45.6 Å². The molecule has 0 radical (unpaired) electrons. The molecule has 0 saturated carbocycles. The Morgan fingerprint density at radius 2 is 2.04 bits per heavy atom. The molecule has 0 bridgehead atoms. The Kier molecular flexibility index (Phi) is 9.85. The van der Waals surface area contributed by atoms with Gasteiger partial charge in [0.25, 0.3) is 0 Å². The molecule has 0 spiro atoms. The maximum Gasteiger partial charge on any atom is 0.193 e. The van der Waals surface area contributed by atoms with E-state index in [-0.39, 0.29) is 30.1 Å². The van der Waals surface area contributed by atoms with E-state index >= 15 is 0 Å². The van der Waals surface area contributed by atoms with Crippen LogP contribution < -0.4 is 10.1 Å². The van der Waals surface area contributed by atoms with Crippen LogP contribution >= 0.6 is 24.0 Å². The summed E-state index contributed by atoms with van der Waals surface area (Å²) in [5, 5.41) is 3.51. The smallest absolute Gasteiger partial charge is 0.193 e. The Bertz CT molecular complexity index is 618. The third kappa shape index (κ3) is 7.10. The third-order valence-corrected chi connectivity index (χ3v) is 5.64. The van der Waals surface area contributed by atoms with Crippen molar-refractivity contribution < 1.29 is 4.74 Å². The molecule has 28 heavy (non-hydrogen) atoms. The quantitative estimate of drug-likeness (QED) is 0.367. The SMILES string of the molecule is CN=C(NCC(C)Oc1cccc(C)c1)N1CCC(CN2CCCCC2)C1.I. The first-order valence-corrected chi connectivity index (χ1v) is 10.6. The van der Waals surface area contributed by atoms with Gasteiger partial charge in [0.05, 0.1) is 6.54 Å². The van der Waals surface area contributed by atoms with Gasteiger partial charge in [-0.15, -0.1) is 24.0 Å². The fourth-order valence-electron chi connectivity index (χ4n) is 4.21. The van der Waals surface area contributed by atoms with Crippen molar-refractivity contribution in [3.05, 3.63) is 29.8 Å². The molecular weight excluding hydrogens is 463 g/mol. The predicted molar refractivity (Wildman–Crippen MR) is 128 cm³/mol. The van der Waals surface area contributed by atoms with Gasteiger partial charge >= 0.3 is 0 Å². The molecule has 2 saturated heterocycles. The summed E-state index contributed by atoms with van der Waals surface area (Å²) in [5.41, 5.74) is 1.22. The summed E-state index contributed by atoms with van der Waals surface area (Å²) >= 11 is 0. The van der Waals surface area contributed by atoms with E-state index in [2.05, 4.69) is 46.1 Å². The molecular formula is C22H37IN4O. The Morgan fingerprint density at radius 3 is 2.75 bits per heavy atom. The van der Waals surface area contributed by atoms with Crippen LogP contribution in [-0.2, 0) is 0 Å². The highest BCUT2D eigenvalue weighted by Crippen LogP contribution is 2.20. The van der Waals surface area contributed by atoms with Crippen molar-refractivity contribution in [2.75, 3.05) is 46.3 Å². The molecule has 1 aromatic carbocycles. The molecule has 1 N–H and O–H groups in total. The van der Waals surface area contributed by atoms with Gasteiger partial charge in [0, 0.05) is 26.7 Å². The number of rotatable bonds is 6. The van der Waals surface area contributed by atoms with E-state index in [1.807, 2.05) is 19.2 Å². The number of aliphatic imine (C=N–C) groups is 1. The summed E-state index contributed by atoms with van der Waals surface area (Å²) in [4.78, 5) is 9.58. The number of nitrogens with zero attached hydrogens (tertiary/aromatic N) is 3. The highest BCUT2D eigenvalue weighted by atomic mass is 127. The first-order valence-electron chi connectivity index (χ1n) is 10.6. The van der Waals surface area contributed by atoms with E-state index in [1.54, 1.807) is 0 Å². The number of aryl methyl sites for hydroxylation is 1. The number of nitrogens with one attached hydrogen (secondary N) is 1. The number of piperidine rings is 1. The van der Waals surface area contributed by atoms with Crippen LogP contribution in [0.1, 0.15) is 38.2 Å². The van der Waals surface area contributed by atoms with Crippen LogP contribution in [0.4, 0.5) is 0 Å². The van der Waals surface area contributed by atoms with Crippen molar-refractivity contribution in [1.29, 1.82) is 0 Å². The van der Waals surface area contributed by atoms with Gasteiger partial charge < -0.3 is 19.9 Å². The van der Waals surface area contributed by atoms with Gasteiger partial charge in [0.2, 0.25) is 0 Å². The first-order chi connectivity index (χ1) is 13.1. The molecule has 2 atom stereocenters. The zero-order valence-electron chi connectivity index (χ0n) is 17.7. The minimum atomic E-state index is 0. The lowest BCUT2D eigenvalue weighted by Gasteiger charge is -2.29. The van der Waals surface area contributed by atoms with Crippen molar-refractivity contribution in [3.63, 3.8) is 0 Å². The van der Waals surface area contributed by atoms with Crippen molar-refractivity contribution in [1.82, 2.24) is 15.1 Å². The summed E-state index contributed by atoms with van der Waals surface area (Å²) in [6, 6.07) is 8.22. The van der Waals surface area contributed by atoms with Crippen molar-refractivity contribution >= 4 is 29.9 Å². The number of hydrogen-bond acceptors (Lipinski definition) is 3. The summed E-state index contributed by atoms with van der Waals surface area (Å²) in [6.07, 6.45) is 5.52. The molecule has 5 nitrogen and oxygen atoms in total. The van der Waals surface area contributed by atoms with E-state index in [0.29, 0.717) is 0 Å². The molecule has 0 amide bonds. The fraction of sp³-hybridized carbons (Fsp3) is 0.682. The summed E-state index contributed by atoms with van der Waals surface area (Å²) < 4.78 is 6.03. The van der Waals surface area contributed by atoms with E-state index in [9.17, 15) is 0 Å². The van der Waals surface area contributed by atoms with Crippen LogP contribution in [0.15, 0.2) is 29.3 Å². The number of guanidine groups is 1. The summed E-state index contributed by atoms with van der Waals surface area (Å²) in [5.74, 6) is 2.71. The molecule has 0 aliphatic carbocycles. The maximum absolute atomic E-state index is 6.03. The molecule has 2 aliphatic rings. The maximum atomic E-state index is 6.03. The van der Waals surface area contributed by atoms with Gasteiger partial charge in [-0.1, -0.05) is 18.6 Å². The second-order valence-electron chi connectivity index (χ2n) is 8.14. The Morgan fingerprint density at radius 1 is 1.25 bits per heavy atom. The zero-order valence-corrected chi connectivity index (χ0v) is 20.0. The van der Waals surface area contributed by atoms with E-state index in [0.717, 1.165) is 37.3 Å². The number of ether oxygens (including phenoxy) is 1. The number of halogens is 1. The van der Waals surface area contributed by atoms with Crippen LogP contribution in [0, 0.1) is 12.8 Å². The van der Waals surface area contributed by atoms with Crippen LogP contribution in [0.5, 0.6) is 5.75 Å². The molecule has 0 aromatic heterocycles. The summed E-state index contributed by atoms with van der Waals surface area (Å²) in [6.45, 7) is 11.0. The minimum Gasteiger partial charge on any atom is -0.489 e. The molecule has 2 unspecified atom stereocenters. The molecule has 6 heteroatoms. The van der Waals surface area contributed by atoms with Crippen molar-refractivity contribution in [2.24, 2.45) is 10.9 Å². The zero-order chi connectivity index (χ0) is 19.1. The Hall–Kier alpha value is -1.02. The topological polar surface area (TPSA) is 40.1 Å². The fourth-order valence-corrected chi connectivity index (χ4v) is 4.21. The largest absolute Gasteiger partial charge is 0.489 e. The first kappa shape index (κ1) is 23.3. The lowest BCUT2D eigenvalue weighted by Crippen LogP contribution is -2.44. The molecule has 2 aliphatic heterocycles. The minimum absolute atomic E-state index is 0. The molecule has 2 fully saturated rings. The van der Waals surface area contributed by atoms with Gasteiger partial charge in [0.15, 0.2) is 5.96 Å². The Balaban J connectivity index is 0.00000280. The highest BCUT2D eigenvalue weighted by molar-refractivity contribution is 14.0. The van der Waals surface area contributed by atoms with Crippen LogP contribution in [0.2, 0.25) is 0 Å². The summed E-state index contributed by atoms with van der Waals surface area (Å²) in [7, 11) is 1.88. The highest BCUT2D eigenvalue weighted by Gasteiger charge is 2.27. The number of likely N-dealkylation sites (tertiary alicyclic amines) is 2. The number of hydrogen-bond donors (Lipinski definition) is 1. The third-order valence-electron chi connectivity index (χ3n) is 5.64. The average Bonchev–Trinajstić information content (AvgIpc) is 3.11. The average molecular weight is 500 g/mol. The number of benzene rings is 1. The van der Waals surface area contributed by atoms with Crippen LogP contribution in [0.3, 0.4) is 0 Å². The standard InChI is InChI=1S/C22H36N4O.HI/c1-18-8-7-9-21(14-18)27-19(2)15-24-22(23-3)26-13-10-20(17-26)16-25-11-5-4-6-12-25;/h7-9,14,19-20H,4-6,10-13,15-17H2,1-3H3,(H,23,24);1H. The lowest BCUT2D eigenvalue weighted by molar-refractivity contribution is 0.197. The molecule has 2 heterocycles. The van der Waals surface area contributed by atoms with Gasteiger partial charge in [-0.05, 0) is 69.8 Å². The van der Waals surface area contributed by atoms with Gasteiger partial charge in [-0.2, -0.15) is 0 Å². The lowest BCUT2D eigenvalue weighted by atomic mass is 10.1. The van der Waals surface area contributed by atoms with Gasteiger partial charge in [-0.25, -0.2) is 0 Å². The van der Waals surface area contributed by atoms with E-state index in [4.69, 9.17) is 4.74 Å². The second kappa shape index (κ2) is 11.9. The Labute approximate surface area is 187 Å². The van der Waals surface area contributed by atoms with Crippen molar-refractivity contribution in [3.8, 4) is 5.75 Å². The second-order valence-corrected chi connectivity index (χ2v) is 8.14. The van der Waals surface area contributed by atoms with Crippen LogP contribution in [0.25, 0.3) is 0 Å². The molecule has 1 aromatic rings. The van der Waals surface area contributed by atoms with E-state index < -0.39 is 0 Å². The monoisotopic (exact) mass is 500 g/mol. The normalized spacial score (nSPS) is 21.9. The van der Waals surface area contributed by atoms with Crippen LogP contribution in [-0.4, -0.2) is 68.2 Å². The molecule has 158 valence electrons. The van der Waals surface area contributed by atoms with E-state index in [1.165, 1.54) is 50.9 Å². The van der Waals surface area contributed by atoms with Gasteiger partial charge in [-0.3, -0.25) is 4.99 Å². The van der Waals surface area contributed by atoms with Gasteiger partial charge in [0.1, 0.15) is 11.9 Å². The molecule has 3 rings (SSSR count). The predicted octanol–water partition coefficient (Wildman–Crippen LogP) is 3.76.